The van der Waals surface area contributed by atoms with E-state index in [0.29, 0.717) is 18.1 Å². The van der Waals surface area contributed by atoms with E-state index in [1.807, 2.05) is 0 Å². The van der Waals surface area contributed by atoms with Crippen LogP contribution in [0.25, 0.3) is 0 Å². The van der Waals surface area contributed by atoms with Gasteiger partial charge in [-0.05, 0) is 62.2 Å². The number of carbonyl (C=O) groups is 1. The number of nitrogens with zero attached hydrogens (tertiary/aromatic N) is 1. The Morgan fingerprint density at radius 3 is 2.48 bits per heavy atom. The van der Waals surface area contributed by atoms with Crippen molar-refractivity contribution >= 4 is 5.91 Å². The van der Waals surface area contributed by atoms with E-state index in [9.17, 15) is 4.79 Å². The summed E-state index contributed by atoms with van der Waals surface area (Å²) in [4.78, 5) is 15.6. The average Bonchev–Trinajstić information content (AvgIpc) is 2.92. The zero-order valence-electron chi connectivity index (χ0n) is 13.2. The zero-order valence-corrected chi connectivity index (χ0v) is 13.2. The standard InChI is InChI=1S/C18H28N2O/c1-2-5-13-19-18(8-3-4-9-18)17(21)20(13)16-14-11-6-7-12(10-11)15(14)16/h11-16,19H,2-10H2,1H3. The highest BCUT2D eigenvalue weighted by atomic mass is 16.2. The van der Waals surface area contributed by atoms with Crippen LogP contribution in [0.3, 0.4) is 0 Å². The van der Waals surface area contributed by atoms with Crippen LogP contribution >= 0.6 is 0 Å². The highest BCUT2D eigenvalue weighted by molar-refractivity contribution is 5.90. The summed E-state index contributed by atoms with van der Waals surface area (Å²) in [5.41, 5.74) is -0.157. The van der Waals surface area contributed by atoms with Crippen molar-refractivity contribution < 1.29 is 4.79 Å². The number of nitrogens with one attached hydrogen (secondary N) is 1. The molecule has 5 rings (SSSR count). The zero-order chi connectivity index (χ0) is 14.2. The number of hydrogen-bond donors (Lipinski definition) is 1. The van der Waals surface area contributed by atoms with Crippen LogP contribution in [0.2, 0.25) is 0 Å². The maximum absolute atomic E-state index is 13.2. The van der Waals surface area contributed by atoms with E-state index in [2.05, 4.69) is 17.1 Å². The van der Waals surface area contributed by atoms with Crippen molar-refractivity contribution in [2.24, 2.45) is 23.7 Å². The summed E-state index contributed by atoms with van der Waals surface area (Å²) in [7, 11) is 0. The number of amides is 1. The second-order valence-corrected chi connectivity index (χ2v) is 8.43. The molecule has 1 amide bonds. The fourth-order valence-corrected chi connectivity index (χ4v) is 6.65. The molecule has 1 heterocycles. The predicted molar refractivity (Wildman–Crippen MR) is 81.5 cm³/mol. The minimum atomic E-state index is -0.157. The average molecular weight is 288 g/mol. The molecule has 5 aliphatic rings. The first-order valence-electron chi connectivity index (χ1n) is 9.35. The van der Waals surface area contributed by atoms with E-state index in [4.69, 9.17) is 0 Å². The molecule has 5 fully saturated rings. The molecule has 21 heavy (non-hydrogen) atoms. The molecule has 116 valence electrons. The minimum absolute atomic E-state index is 0.157. The van der Waals surface area contributed by atoms with Crippen LogP contribution in [0.15, 0.2) is 0 Å². The Bertz CT molecular complexity index is 454. The smallest absolute Gasteiger partial charge is 0.244 e. The first-order valence-corrected chi connectivity index (χ1v) is 9.35. The summed E-state index contributed by atoms with van der Waals surface area (Å²) in [6.07, 6.45) is 11.6. The molecule has 3 nitrogen and oxygen atoms in total. The molecule has 5 unspecified atom stereocenters. The van der Waals surface area contributed by atoms with Gasteiger partial charge < -0.3 is 4.90 Å². The van der Waals surface area contributed by atoms with Crippen molar-refractivity contribution in [3.05, 3.63) is 0 Å². The fraction of sp³-hybridized carbons (Fsp3) is 0.944. The normalized spacial score (nSPS) is 49.4. The van der Waals surface area contributed by atoms with Gasteiger partial charge in [0, 0.05) is 6.04 Å². The maximum Gasteiger partial charge on any atom is 0.244 e. The van der Waals surface area contributed by atoms with Crippen LogP contribution < -0.4 is 5.32 Å². The van der Waals surface area contributed by atoms with Gasteiger partial charge in [0.1, 0.15) is 0 Å². The second kappa shape index (κ2) is 4.24. The van der Waals surface area contributed by atoms with Gasteiger partial charge in [0.2, 0.25) is 5.91 Å². The molecule has 0 radical (unpaired) electrons. The SMILES string of the molecule is CCCC1NC2(CCCC2)C(=O)N1C1C2C3CCC(C3)C21. The predicted octanol–water partition coefficient (Wildman–Crippen LogP) is 2.90. The Labute approximate surface area is 127 Å². The fourth-order valence-electron chi connectivity index (χ4n) is 6.65. The van der Waals surface area contributed by atoms with Gasteiger partial charge in [-0.25, -0.2) is 0 Å². The molecule has 0 aromatic carbocycles. The third kappa shape index (κ3) is 1.56. The van der Waals surface area contributed by atoms with Crippen LogP contribution in [0.1, 0.15) is 64.7 Å². The van der Waals surface area contributed by atoms with Gasteiger partial charge in [0.15, 0.2) is 0 Å². The summed E-state index contributed by atoms with van der Waals surface area (Å²) < 4.78 is 0. The van der Waals surface area contributed by atoms with E-state index in [1.54, 1.807) is 0 Å². The largest absolute Gasteiger partial charge is 0.322 e. The van der Waals surface area contributed by atoms with Crippen molar-refractivity contribution in [1.82, 2.24) is 10.2 Å². The highest BCUT2D eigenvalue weighted by Gasteiger charge is 2.70. The third-order valence-electron chi connectivity index (χ3n) is 7.46. The number of rotatable bonds is 3. The lowest BCUT2D eigenvalue weighted by atomic mass is 9.97. The molecular weight excluding hydrogens is 260 g/mol. The van der Waals surface area contributed by atoms with Crippen molar-refractivity contribution in [3.63, 3.8) is 0 Å². The van der Waals surface area contributed by atoms with Crippen LogP contribution in [-0.4, -0.2) is 28.6 Å². The van der Waals surface area contributed by atoms with Crippen molar-refractivity contribution in [2.75, 3.05) is 0 Å². The first-order chi connectivity index (χ1) is 10.2. The molecular formula is C18H28N2O. The quantitative estimate of drug-likeness (QED) is 0.866. The van der Waals surface area contributed by atoms with Crippen LogP contribution in [0, 0.1) is 23.7 Å². The molecule has 1 aliphatic heterocycles. The van der Waals surface area contributed by atoms with Crippen LogP contribution in [0.4, 0.5) is 0 Å². The van der Waals surface area contributed by atoms with Crippen molar-refractivity contribution in [1.29, 1.82) is 0 Å². The molecule has 5 atom stereocenters. The topological polar surface area (TPSA) is 32.3 Å². The van der Waals surface area contributed by atoms with E-state index in [-0.39, 0.29) is 5.54 Å². The lowest BCUT2D eigenvalue weighted by molar-refractivity contribution is -0.134. The van der Waals surface area contributed by atoms with Gasteiger partial charge >= 0.3 is 0 Å². The summed E-state index contributed by atoms with van der Waals surface area (Å²) in [6, 6.07) is 0.618. The molecule has 0 aromatic rings. The van der Waals surface area contributed by atoms with Gasteiger partial charge in [0.05, 0.1) is 11.7 Å². The van der Waals surface area contributed by atoms with E-state index >= 15 is 0 Å². The van der Waals surface area contributed by atoms with E-state index in [0.717, 1.165) is 42.9 Å². The van der Waals surface area contributed by atoms with Crippen molar-refractivity contribution in [2.45, 2.75) is 82.5 Å². The Morgan fingerprint density at radius 2 is 1.86 bits per heavy atom. The van der Waals surface area contributed by atoms with Crippen LogP contribution in [-0.2, 0) is 4.79 Å². The molecule has 4 aliphatic carbocycles. The summed E-state index contributed by atoms with van der Waals surface area (Å²) in [5, 5.41) is 3.80. The van der Waals surface area contributed by atoms with Gasteiger partial charge in [-0.2, -0.15) is 0 Å². The molecule has 4 saturated carbocycles. The maximum atomic E-state index is 13.2. The molecule has 0 aromatic heterocycles. The molecule has 1 N–H and O–H groups in total. The first kappa shape index (κ1) is 12.9. The Balaban J connectivity index is 1.43. The van der Waals surface area contributed by atoms with Gasteiger partial charge in [-0.3, -0.25) is 10.1 Å². The van der Waals surface area contributed by atoms with Crippen molar-refractivity contribution in [3.8, 4) is 0 Å². The van der Waals surface area contributed by atoms with E-state index < -0.39 is 0 Å². The minimum Gasteiger partial charge on any atom is -0.322 e. The monoisotopic (exact) mass is 288 g/mol. The number of carbonyl (C=O) groups excluding carboxylic acids is 1. The van der Waals surface area contributed by atoms with Gasteiger partial charge in [-0.1, -0.05) is 26.2 Å². The summed E-state index contributed by atoms with van der Waals surface area (Å²) in [6.45, 7) is 2.25. The molecule has 2 bridgehead atoms. The lowest BCUT2D eigenvalue weighted by Gasteiger charge is -2.27. The Kier molecular flexibility index (Phi) is 2.61. The number of fused-ring (bicyclic) bond motifs is 5. The summed E-state index contributed by atoms with van der Waals surface area (Å²) in [5.74, 6) is 4.16. The molecule has 3 heteroatoms. The molecule has 1 saturated heterocycles. The molecule has 1 spiro atoms. The van der Waals surface area contributed by atoms with Crippen LogP contribution in [0.5, 0.6) is 0 Å². The summed E-state index contributed by atoms with van der Waals surface area (Å²) >= 11 is 0. The van der Waals surface area contributed by atoms with E-state index in [1.165, 1.54) is 38.5 Å². The Morgan fingerprint density at radius 1 is 1.19 bits per heavy atom. The Hall–Kier alpha value is -0.570. The third-order valence-corrected chi connectivity index (χ3v) is 7.46. The van der Waals surface area contributed by atoms with Gasteiger partial charge in [-0.15, -0.1) is 0 Å². The second-order valence-electron chi connectivity index (χ2n) is 8.43. The van der Waals surface area contributed by atoms with Gasteiger partial charge in [0.25, 0.3) is 0 Å². The number of hydrogen-bond acceptors (Lipinski definition) is 2. The highest BCUT2D eigenvalue weighted by Crippen LogP contribution is 2.68. The lowest BCUT2D eigenvalue weighted by Crippen LogP contribution is -2.44.